The Bertz CT molecular complexity index is 852. The van der Waals surface area contributed by atoms with Crippen LogP contribution in [0, 0.1) is 6.92 Å². The zero-order valence-corrected chi connectivity index (χ0v) is 16.6. The predicted molar refractivity (Wildman–Crippen MR) is 106 cm³/mol. The van der Waals surface area contributed by atoms with Crippen molar-refractivity contribution in [1.29, 1.82) is 0 Å². The fourth-order valence-electron chi connectivity index (χ4n) is 3.34. The van der Waals surface area contributed by atoms with Gasteiger partial charge < -0.3 is 15.0 Å². The van der Waals surface area contributed by atoms with Crippen LogP contribution in [0.3, 0.4) is 0 Å². The van der Waals surface area contributed by atoms with Gasteiger partial charge in [0.05, 0.1) is 12.2 Å². The summed E-state index contributed by atoms with van der Waals surface area (Å²) in [5.41, 5.74) is 3.54. The van der Waals surface area contributed by atoms with E-state index in [1.807, 2.05) is 57.1 Å². The highest BCUT2D eigenvalue weighted by Crippen LogP contribution is 2.37. The number of carbonyl (C=O) groups excluding carboxylic acids is 1. The molecule has 1 aromatic carbocycles. The highest BCUT2D eigenvalue weighted by Gasteiger charge is 2.35. The van der Waals surface area contributed by atoms with Gasteiger partial charge in [0.15, 0.2) is 0 Å². The molecule has 1 aliphatic rings. The van der Waals surface area contributed by atoms with E-state index in [1.165, 1.54) is 0 Å². The molecule has 0 fully saturated rings. The summed E-state index contributed by atoms with van der Waals surface area (Å²) in [7, 11) is 4.00. The maximum atomic E-state index is 12.9. The van der Waals surface area contributed by atoms with E-state index in [9.17, 15) is 4.79 Å². The molecule has 1 aromatic heterocycles. The van der Waals surface area contributed by atoms with Crippen LogP contribution in [-0.4, -0.2) is 41.4 Å². The number of aromatic nitrogens is 3. The fraction of sp³-hybridized carbons (Fsp3) is 0.450. The first-order valence-corrected chi connectivity index (χ1v) is 9.33. The second-order valence-corrected chi connectivity index (χ2v) is 6.80. The third-order valence-electron chi connectivity index (χ3n) is 4.56. The standard InChI is InChI=1S/C20H27N5O2/c1-6-8-16-17(19(26)27-7-2)18(25-20(22-16)21-13(3)23-25)14-9-11-15(12-10-14)24(4)5/h9-12,18H,6-8H2,1-5H3,(H,21,22,23)/t18-/m1/s1. The van der Waals surface area contributed by atoms with Crippen LogP contribution in [0.1, 0.15) is 44.1 Å². The number of nitrogens with one attached hydrogen (secondary N) is 1. The first-order chi connectivity index (χ1) is 13.0. The molecule has 144 valence electrons. The molecule has 0 unspecified atom stereocenters. The van der Waals surface area contributed by atoms with Gasteiger partial charge in [-0.1, -0.05) is 25.5 Å². The highest BCUT2D eigenvalue weighted by molar-refractivity contribution is 5.92. The average molecular weight is 369 g/mol. The first-order valence-electron chi connectivity index (χ1n) is 9.33. The minimum absolute atomic E-state index is 0.311. The second kappa shape index (κ2) is 7.82. The largest absolute Gasteiger partial charge is 0.463 e. The van der Waals surface area contributed by atoms with E-state index in [4.69, 9.17) is 4.74 Å². The van der Waals surface area contributed by atoms with Crippen molar-refractivity contribution in [3.8, 4) is 0 Å². The third-order valence-corrected chi connectivity index (χ3v) is 4.56. The lowest BCUT2D eigenvalue weighted by Gasteiger charge is -2.29. The van der Waals surface area contributed by atoms with Crippen molar-refractivity contribution in [2.45, 2.75) is 39.7 Å². The highest BCUT2D eigenvalue weighted by atomic mass is 16.5. The van der Waals surface area contributed by atoms with Crippen LogP contribution in [0.5, 0.6) is 0 Å². The minimum Gasteiger partial charge on any atom is -0.463 e. The van der Waals surface area contributed by atoms with E-state index in [0.29, 0.717) is 24.0 Å². The van der Waals surface area contributed by atoms with Crippen LogP contribution in [0.15, 0.2) is 35.5 Å². The van der Waals surface area contributed by atoms with Gasteiger partial charge in [0.1, 0.15) is 11.9 Å². The Morgan fingerprint density at radius 1 is 1.26 bits per heavy atom. The number of aryl methyl sites for hydroxylation is 1. The molecule has 1 aliphatic heterocycles. The Labute approximate surface area is 160 Å². The van der Waals surface area contributed by atoms with Crippen molar-refractivity contribution >= 4 is 17.6 Å². The number of hydrogen-bond donors (Lipinski definition) is 1. The number of esters is 1. The Kier molecular flexibility index (Phi) is 5.48. The molecule has 1 atom stereocenters. The first kappa shape index (κ1) is 18.9. The topological polar surface area (TPSA) is 72.3 Å². The molecular formula is C20H27N5O2. The summed E-state index contributed by atoms with van der Waals surface area (Å²) in [6, 6.07) is 7.80. The fourth-order valence-corrected chi connectivity index (χ4v) is 3.34. The van der Waals surface area contributed by atoms with E-state index in [1.54, 1.807) is 4.68 Å². The zero-order chi connectivity index (χ0) is 19.6. The summed E-state index contributed by atoms with van der Waals surface area (Å²) < 4.78 is 7.17. The van der Waals surface area contributed by atoms with Gasteiger partial charge >= 0.3 is 5.97 Å². The number of fused-ring (bicyclic) bond motifs is 1. The summed E-state index contributed by atoms with van der Waals surface area (Å²) in [5.74, 6) is 1.01. The number of benzene rings is 1. The molecule has 0 amide bonds. The van der Waals surface area contributed by atoms with Gasteiger partial charge in [-0.2, -0.15) is 10.1 Å². The Morgan fingerprint density at radius 2 is 1.96 bits per heavy atom. The molecule has 2 heterocycles. The molecule has 7 nitrogen and oxygen atoms in total. The molecule has 0 bridgehead atoms. The van der Waals surface area contributed by atoms with Crippen LogP contribution in [0.25, 0.3) is 0 Å². The van der Waals surface area contributed by atoms with Gasteiger partial charge in [-0.3, -0.25) is 0 Å². The van der Waals surface area contributed by atoms with Crippen molar-refractivity contribution in [2.75, 3.05) is 30.9 Å². The van der Waals surface area contributed by atoms with Gasteiger partial charge in [0, 0.05) is 25.5 Å². The van der Waals surface area contributed by atoms with Crippen molar-refractivity contribution < 1.29 is 9.53 Å². The van der Waals surface area contributed by atoms with Gasteiger partial charge in [-0.05, 0) is 38.0 Å². The molecule has 3 rings (SSSR count). The van der Waals surface area contributed by atoms with Crippen molar-refractivity contribution in [1.82, 2.24) is 14.8 Å². The number of nitrogens with zero attached hydrogens (tertiary/aromatic N) is 4. The quantitative estimate of drug-likeness (QED) is 0.788. The normalized spacial score (nSPS) is 16.0. The van der Waals surface area contributed by atoms with Gasteiger partial charge in [0.25, 0.3) is 0 Å². The molecule has 0 saturated carbocycles. The Balaban J connectivity index is 2.15. The van der Waals surface area contributed by atoms with Crippen LogP contribution in [-0.2, 0) is 9.53 Å². The summed E-state index contributed by atoms with van der Waals surface area (Å²) in [4.78, 5) is 19.4. The smallest absolute Gasteiger partial charge is 0.338 e. The number of anilines is 2. The van der Waals surface area contributed by atoms with Crippen molar-refractivity contribution in [3.63, 3.8) is 0 Å². The van der Waals surface area contributed by atoms with E-state index < -0.39 is 0 Å². The molecule has 1 N–H and O–H groups in total. The summed E-state index contributed by atoms with van der Waals surface area (Å²) in [6.07, 6.45) is 1.65. The molecular weight excluding hydrogens is 342 g/mol. The molecule has 2 aromatic rings. The van der Waals surface area contributed by atoms with E-state index in [0.717, 1.165) is 29.8 Å². The van der Waals surface area contributed by atoms with E-state index in [2.05, 4.69) is 22.3 Å². The number of carbonyl (C=O) groups is 1. The predicted octanol–water partition coefficient (Wildman–Crippen LogP) is 3.28. The molecule has 27 heavy (non-hydrogen) atoms. The molecule has 0 radical (unpaired) electrons. The number of ether oxygens (including phenoxy) is 1. The minimum atomic E-state index is -0.362. The lowest BCUT2D eigenvalue weighted by atomic mass is 9.94. The van der Waals surface area contributed by atoms with Crippen LogP contribution < -0.4 is 10.2 Å². The monoisotopic (exact) mass is 369 g/mol. The second-order valence-electron chi connectivity index (χ2n) is 6.80. The van der Waals surface area contributed by atoms with Crippen LogP contribution in [0.2, 0.25) is 0 Å². The summed E-state index contributed by atoms with van der Waals surface area (Å²) >= 11 is 0. The van der Waals surface area contributed by atoms with Gasteiger partial charge in [-0.25, -0.2) is 9.48 Å². The molecule has 7 heteroatoms. The maximum absolute atomic E-state index is 12.9. The lowest BCUT2D eigenvalue weighted by Crippen LogP contribution is -2.30. The van der Waals surface area contributed by atoms with E-state index >= 15 is 0 Å². The molecule has 0 saturated heterocycles. The summed E-state index contributed by atoms with van der Waals surface area (Å²) in [5, 5.41) is 7.84. The van der Waals surface area contributed by atoms with Crippen LogP contribution >= 0.6 is 0 Å². The maximum Gasteiger partial charge on any atom is 0.338 e. The molecule has 0 aliphatic carbocycles. The number of rotatable bonds is 6. The molecule has 0 spiro atoms. The van der Waals surface area contributed by atoms with Crippen LogP contribution in [0.4, 0.5) is 11.6 Å². The number of allylic oxidation sites excluding steroid dienone is 1. The SMILES string of the molecule is CCCC1=C(C(=O)OCC)[C@@H](c2ccc(N(C)C)cc2)n2nc(C)nc2N1. The lowest BCUT2D eigenvalue weighted by molar-refractivity contribution is -0.139. The average Bonchev–Trinajstić information content (AvgIpc) is 3.00. The van der Waals surface area contributed by atoms with E-state index in [-0.39, 0.29) is 12.0 Å². The zero-order valence-electron chi connectivity index (χ0n) is 16.6. The summed E-state index contributed by atoms with van der Waals surface area (Å²) in [6.45, 7) is 6.09. The van der Waals surface area contributed by atoms with Crippen molar-refractivity contribution in [2.24, 2.45) is 0 Å². The Morgan fingerprint density at radius 3 is 2.56 bits per heavy atom. The van der Waals surface area contributed by atoms with Gasteiger partial charge in [-0.15, -0.1) is 0 Å². The van der Waals surface area contributed by atoms with Gasteiger partial charge in [0.2, 0.25) is 5.95 Å². The third kappa shape index (κ3) is 3.67. The number of hydrogen-bond acceptors (Lipinski definition) is 6. The van der Waals surface area contributed by atoms with Crippen molar-refractivity contribution in [3.05, 3.63) is 46.9 Å². The Hall–Kier alpha value is -2.83.